The van der Waals surface area contributed by atoms with E-state index in [9.17, 15) is 9.18 Å². The molecule has 0 aromatic heterocycles. The maximum absolute atomic E-state index is 12.9. The maximum Gasteiger partial charge on any atom is 0.136 e. The van der Waals surface area contributed by atoms with Crippen LogP contribution in [0.1, 0.15) is 37.7 Å². The number of hydrogen-bond acceptors (Lipinski definition) is 1. The smallest absolute Gasteiger partial charge is 0.136 e. The summed E-state index contributed by atoms with van der Waals surface area (Å²) in [5.41, 5.74) is 0.883. The van der Waals surface area contributed by atoms with Crippen molar-refractivity contribution in [2.75, 3.05) is 0 Å². The predicted octanol–water partition coefficient (Wildman–Crippen LogP) is 4.17. The lowest BCUT2D eigenvalue weighted by Gasteiger charge is -2.13. The molecule has 0 bridgehead atoms. The van der Waals surface area contributed by atoms with Gasteiger partial charge in [-0.2, -0.15) is 0 Å². The van der Waals surface area contributed by atoms with E-state index in [0.29, 0.717) is 23.6 Å². The highest BCUT2D eigenvalue weighted by molar-refractivity contribution is 6.31. The molecule has 1 aliphatic carbocycles. The van der Waals surface area contributed by atoms with Crippen LogP contribution in [0.4, 0.5) is 4.39 Å². The first-order chi connectivity index (χ1) is 8.16. The summed E-state index contributed by atoms with van der Waals surface area (Å²) >= 11 is 5.99. The molecule has 17 heavy (non-hydrogen) atoms. The van der Waals surface area contributed by atoms with E-state index in [2.05, 4.69) is 0 Å². The van der Waals surface area contributed by atoms with Gasteiger partial charge in [0.2, 0.25) is 0 Å². The lowest BCUT2D eigenvalue weighted by atomic mass is 9.91. The Morgan fingerprint density at radius 2 is 2.12 bits per heavy atom. The van der Waals surface area contributed by atoms with Gasteiger partial charge in [-0.25, -0.2) is 4.39 Å². The highest BCUT2D eigenvalue weighted by atomic mass is 35.5. The third-order valence-electron chi connectivity index (χ3n) is 3.41. The van der Waals surface area contributed by atoms with E-state index < -0.39 is 0 Å². The van der Waals surface area contributed by atoms with Gasteiger partial charge in [0.05, 0.1) is 0 Å². The lowest BCUT2D eigenvalue weighted by Crippen LogP contribution is -2.15. The van der Waals surface area contributed by atoms with Crippen molar-refractivity contribution in [3.63, 3.8) is 0 Å². The first kappa shape index (κ1) is 12.6. The van der Waals surface area contributed by atoms with Crippen LogP contribution in [-0.2, 0) is 11.2 Å². The standard InChI is InChI=1S/C14H16ClFO/c15-13-9-12(16)7-6-10(13)8-11-4-2-1-3-5-14(11)17/h6-7,9,11H,1-5,8H2. The van der Waals surface area contributed by atoms with Crippen molar-refractivity contribution >= 4 is 17.4 Å². The topological polar surface area (TPSA) is 17.1 Å². The number of rotatable bonds is 2. The van der Waals surface area contributed by atoms with Crippen molar-refractivity contribution in [3.05, 3.63) is 34.6 Å². The summed E-state index contributed by atoms with van der Waals surface area (Å²) in [5, 5.41) is 0.432. The molecule has 1 aliphatic rings. The number of carbonyl (C=O) groups is 1. The number of benzene rings is 1. The van der Waals surface area contributed by atoms with E-state index in [1.165, 1.54) is 12.1 Å². The average molecular weight is 255 g/mol. The average Bonchev–Trinajstić information content (AvgIpc) is 2.48. The Labute approximate surface area is 106 Å². The van der Waals surface area contributed by atoms with Crippen LogP contribution in [0.2, 0.25) is 5.02 Å². The van der Waals surface area contributed by atoms with Gasteiger partial charge >= 0.3 is 0 Å². The zero-order chi connectivity index (χ0) is 12.3. The molecule has 1 nitrogen and oxygen atoms in total. The molecule has 0 radical (unpaired) electrons. The van der Waals surface area contributed by atoms with Crippen molar-refractivity contribution in [2.45, 2.75) is 38.5 Å². The number of ketones is 1. The van der Waals surface area contributed by atoms with Gasteiger partial charge < -0.3 is 0 Å². The van der Waals surface area contributed by atoms with Gasteiger partial charge in [-0.3, -0.25) is 4.79 Å². The number of Topliss-reactive ketones (excluding diaryl/α,β-unsaturated/α-hetero) is 1. The summed E-state index contributed by atoms with van der Waals surface area (Å²) < 4.78 is 12.9. The highest BCUT2D eigenvalue weighted by Gasteiger charge is 2.21. The molecule has 1 fully saturated rings. The van der Waals surface area contributed by atoms with Crippen LogP contribution in [0.15, 0.2) is 18.2 Å². The predicted molar refractivity (Wildman–Crippen MR) is 66.7 cm³/mol. The van der Waals surface area contributed by atoms with E-state index in [1.807, 2.05) is 0 Å². The molecule has 0 N–H and O–H groups in total. The van der Waals surface area contributed by atoms with Crippen LogP contribution in [0.25, 0.3) is 0 Å². The fraction of sp³-hybridized carbons (Fsp3) is 0.500. The van der Waals surface area contributed by atoms with E-state index in [1.54, 1.807) is 6.07 Å². The van der Waals surface area contributed by atoms with Crippen molar-refractivity contribution in [1.29, 1.82) is 0 Å². The highest BCUT2D eigenvalue weighted by Crippen LogP contribution is 2.26. The Morgan fingerprint density at radius 3 is 2.88 bits per heavy atom. The van der Waals surface area contributed by atoms with Gasteiger partial charge in [-0.05, 0) is 37.0 Å². The van der Waals surface area contributed by atoms with Crippen molar-refractivity contribution in [2.24, 2.45) is 5.92 Å². The normalized spacial score (nSPS) is 21.3. The van der Waals surface area contributed by atoms with Gasteiger partial charge in [0.25, 0.3) is 0 Å². The number of halogens is 2. The molecule has 0 spiro atoms. The Balaban J connectivity index is 2.10. The fourth-order valence-corrected chi connectivity index (χ4v) is 2.64. The second-order valence-electron chi connectivity index (χ2n) is 4.70. The summed E-state index contributed by atoms with van der Waals surface area (Å²) in [5.74, 6) is 0.0781. The van der Waals surface area contributed by atoms with Crippen molar-refractivity contribution < 1.29 is 9.18 Å². The second-order valence-corrected chi connectivity index (χ2v) is 5.11. The maximum atomic E-state index is 12.9. The molecular formula is C14H16ClFO. The Morgan fingerprint density at radius 1 is 1.29 bits per heavy atom. The zero-order valence-electron chi connectivity index (χ0n) is 9.72. The molecule has 92 valence electrons. The van der Waals surface area contributed by atoms with Crippen LogP contribution in [0.3, 0.4) is 0 Å². The van der Waals surface area contributed by atoms with Gasteiger partial charge in [0.15, 0.2) is 0 Å². The molecule has 0 saturated heterocycles. The van der Waals surface area contributed by atoms with Gasteiger partial charge in [0.1, 0.15) is 11.6 Å². The van der Waals surface area contributed by atoms with Crippen LogP contribution in [-0.4, -0.2) is 5.78 Å². The molecule has 1 unspecified atom stereocenters. The van der Waals surface area contributed by atoms with Crippen molar-refractivity contribution in [3.8, 4) is 0 Å². The molecule has 1 atom stereocenters. The van der Waals surface area contributed by atoms with Crippen LogP contribution in [0.5, 0.6) is 0 Å². The summed E-state index contributed by atoms with van der Waals surface area (Å²) in [6.45, 7) is 0. The second kappa shape index (κ2) is 5.63. The molecule has 1 aromatic carbocycles. The first-order valence-corrected chi connectivity index (χ1v) is 6.51. The fourth-order valence-electron chi connectivity index (χ4n) is 2.40. The first-order valence-electron chi connectivity index (χ1n) is 6.13. The summed E-state index contributed by atoms with van der Waals surface area (Å²) in [6, 6.07) is 4.41. The minimum atomic E-state index is -0.328. The molecule has 1 aromatic rings. The Hall–Kier alpha value is -0.890. The Kier molecular flexibility index (Phi) is 4.16. The summed E-state index contributed by atoms with van der Waals surface area (Å²) in [4.78, 5) is 11.9. The van der Waals surface area contributed by atoms with Gasteiger partial charge in [-0.15, -0.1) is 0 Å². The van der Waals surface area contributed by atoms with Crippen LogP contribution < -0.4 is 0 Å². The van der Waals surface area contributed by atoms with Gasteiger partial charge in [0, 0.05) is 17.4 Å². The zero-order valence-corrected chi connectivity index (χ0v) is 10.5. The molecule has 3 heteroatoms. The number of hydrogen-bond donors (Lipinski definition) is 0. The molecule has 0 aliphatic heterocycles. The largest absolute Gasteiger partial charge is 0.299 e. The number of carbonyl (C=O) groups excluding carboxylic acids is 1. The third kappa shape index (κ3) is 3.29. The van der Waals surface area contributed by atoms with Crippen LogP contribution in [0, 0.1) is 11.7 Å². The van der Waals surface area contributed by atoms with Gasteiger partial charge in [-0.1, -0.05) is 30.5 Å². The SMILES string of the molecule is O=C1CCCCCC1Cc1ccc(F)cc1Cl. The van der Waals surface area contributed by atoms with E-state index in [0.717, 1.165) is 31.2 Å². The summed E-state index contributed by atoms with van der Waals surface area (Å²) in [7, 11) is 0. The van der Waals surface area contributed by atoms with Crippen molar-refractivity contribution in [1.82, 2.24) is 0 Å². The van der Waals surface area contributed by atoms with E-state index in [-0.39, 0.29) is 11.7 Å². The minimum Gasteiger partial charge on any atom is -0.299 e. The monoisotopic (exact) mass is 254 g/mol. The van der Waals surface area contributed by atoms with E-state index >= 15 is 0 Å². The summed E-state index contributed by atoms with van der Waals surface area (Å²) in [6.07, 6.45) is 5.52. The van der Waals surface area contributed by atoms with E-state index in [4.69, 9.17) is 11.6 Å². The van der Waals surface area contributed by atoms with Crippen LogP contribution >= 0.6 is 11.6 Å². The minimum absolute atomic E-state index is 0.0699. The molecule has 0 amide bonds. The third-order valence-corrected chi connectivity index (χ3v) is 3.76. The molecule has 0 heterocycles. The lowest BCUT2D eigenvalue weighted by molar-refractivity contribution is -0.122. The molecular weight excluding hydrogens is 239 g/mol. The quantitative estimate of drug-likeness (QED) is 0.724. The molecule has 1 saturated carbocycles. The molecule has 2 rings (SSSR count). The Bertz CT molecular complexity index is 417.